The number of nitrogens with zero attached hydrogens (tertiary/aromatic N) is 5. The molecule has 1 fully saturated rings. The monoisotopic (exact) mass is 356 g/mol. The molecule has 132 valence electrons. The molecule has 25 heavy (non-hydrogen) atoms. The minimum absolute atomic E-state index is 0.242. The molecular weight excluding hydrogens is 343 g/mol. The van der Waals surface area contributed by atoms with Gasteiger partial charge in [0.25, 0.3) is 0 Å². The Hall–Kier alpha value is -2.82. The molecule has 8 nitrogen and oxygen atoms in total. The van der Waals surface area contributed by atoms with Crippen LogP contribution in [-0.4, -0.2) is 58.6 Å². The zero-order chi connectivity index (χ0) is 18.0. The Labute approximate surface area is 139 Å². The van der Waals surface area contributed by atoms with Gasteiger partial charge in [-0.05, 0) is 12.1 Å². The van der Waals surface area contributed by atoms with E-state index in [4.69, 9.17) is 4.74 Å². The van der Waals surface area contributed by atoms with Gasteiger partial charge >= 0.3 is 18.0 Å². The first-order valence-electron chi connectivity index (χ1n) is 7.30. The van der Waals surface area contributed by atoms with E-state index in [1.54, 1.807) is 0 Å². The fourth-order valence-corrected chi connectivity index (χ4v) is 2.46. The summed E-state index contributed by atoms with van der Waals surface area (Å²) in [7, 11) is 0. The number of carbonyl (C=O) groups excluding carboxylic acids is 2. The summed E-state index contributed by atoms with van der Waals surface area (Å²) < 4.78 is 46.1. The molecule has 2 aromatic rings. The van der Waals surface area contributed by atoms with Crippen LogP contribution >= 0.6 is 0 Å². The Kier molecular flexibility index (Phi) is 4.49. The van der Waals surface area contributed by atoms with Crippen LogP contribution in [0.1, 0.15) is 16.2 Å². The van der Waals surface area contributed by atoms with Gasteiger partial charge in [-0.15, -0.1) is 0 Å². The summed E-state index contributed by atoms with van der Waals surface area (Å²) in [6.45, 7) is 1.23. The van der Waals surface area contributed by atoms with Gasteiger partial charge in [-0.2, -0.15) is 13.2 Å². The molecule has 3 rings (SSSR count). The van der Waals surface area contributed by atoms with Crippen LogP contribution in [0.3, 0.4) is 0 Å². The summed E-state index contributed by atoms with van der Waals surface area (Å²) in [6, 6.07) is 3.95. The number of carbonyl (C=O) groups is 2. The largest absolute Gasteiger partial charge is 0.421 e. The molecule has 2 heterocycles. The van der Waals surface area contributed by atoms with Crippen molar-refractivity contribution in [3.8, 4) is 5.69 Å². The number of halogens is 3. The summed E-state index contributed by atoms with van der Waals surface area (Å²) >= 11 is 0. The standard InChI is InChI=1S/C14H13F3N5O3/c15-14(16,17)10-3-1-2-4-11(10)21-12(9-23)22(19-18-21)13(24)20-5-7-25-8-6-20/h1-4,9H,5-8H2/q+1. The Balaban J connectivity index is 2.04. The van der Waals surface area contributed by atoms with E-state index in [9.17, 15) is 22.8 Å². The number of para-hydroxylation sites is 1. The number of hydrogen-bond donors (Lipinski definition) is 0. The molecule has 0 saturated carbocycles. The first kappa shape index (κ1) is 17.0. The van der Waals surface area contributed by atoms with Crippen molar-refractivity contribution in [2.45, 2.75) is 6.18 Å². The number of rotatable bonds is 2. The average molecular weight is 356 g/mol. The van der Waals surface area contributed by atoms with E-state index >= 15 is 0 Å². The predicted octanol–water partition coefficient (Wildman–Crippen LogP) is 0.686. The van der Waals surface area contributed by atoms with Crippen molar-refractivity contribution >= 4 is 12.3 Å². The molecule has 0 aliphatic carbocycles. The minimum atomic E-state index is -4.65. The van der Waals surface area contributed by atoms with E-state index in [0.717, 1.165) is 12.1 Å². The predicted molar refractivity (Wildman–Crippen MR) is 75.1 cm³/mol. The van der Waals surface area contributed by atoms with Gasteiger partial charge in [-0.1, -0.05) is 16.8 Å². The van der Waals surface area contributed by atoms with Gasteiger partial charge in [0.05, 0.1) is 18.8 Å². The van der Waals surface area contributed by atoms with E-state index in [2.05, 4.69) is 10.4 Å². The Morgan fingerprint density at radius 1 is 1.24 bits per heavy atom. The van der Waals surface area contributed by atoms with Crippen molar-refractivity contribution < 1.29 is 32.2 Å². The number of hydrogen-bond acceptors (Lipinski definition) is 5. The smallest absolute Gasteiger partial charge is 0.378 e. The fraction of sp³-hybridized carbons (Fsp3) is 0.357. The molecule has 1 aromatic heterocycles. The average Bonchev–Trinajstić information content (AvgIpc) is 3.05. The number of aromatic nitrogens is 4. The number of ether oxygens (including phenoxy) is 1. The molecule has 0 atom stereocenters. The molecule has 1 aliphatic rings. The second-order valence-electron chi connectivity index (χ2n) is 5.18. The van der Waals surface area contributed by atoms with Crippen molar-refractivity contribution in [2.75, 3.05) is 26.3 Å². The van der Waals surface area contributed by atoms with Crippen LogP contribution in [0.2, 0.25) is 0 Å². The first-order chi connectivity index (χ1) is 11.9. The minimum Gasteiger partial charge on any atom is -0.378 e. The maximum absolute atomic E-state index is 13.2. The lowest BCUT2D eigenvalue weighted by Crippen LogP contribution is -2.45. The molecule has 0 radical (unpaired) electrons. The maximum atomic E-state index is 13.2. The molecule has 1 saturated heterocycles. The normalized spacial score (nSPS) is 15.2. The SMILES string of the molecule is O=Cc1n(C(=O)N2CCOCC2)nn[n+]1-c1ccccc1C(F)(F)F. The lowest BCUT2D eigenvalue weighted by Gasteiger charge is -2.23. The van der Waals surface area contributed by atoms with Crippen molar-refractivity contribution in [1.82, 2.24) is 20.0 Å². The summed E-state index contributed by atoms with van der Waals surface area (Å²) in [5.74, 6) is -0.409. The summed E-state index contributed by atoms with van der Waals surface area (Å²) in [4.78, 5) is 25.3. The molecule has 0 spiro atoms. The van der Waals surface area contributed by atoms with Crippen molar-refractivity contribution in [3.05, 3.63) is 35.7 Å². The van der Waals surface area contributed by atoms with Crippen molar-refractivity contribution in [3.63, 3.8) is 0 Å². The Morgan fingerprint density at radius 2 is 1.92 bits per heavy atom. The lowest BCUT2D eigenvalue weighted by molar-refractivity contribution is -0.663. The van der Waals surface area contributed by atoms with Crippen molar-refractivity contribution in [2.24, 2.45) is 0 Å². The number of amides is 1. The van der Waals surface area contributed by atoms with Crippen LogP contribution in [0.25, 0.3) is 5.69 Å². The molecule has 1 aliphatic heterocycles. The number of alkyl halides is 3. The maximum Gasteiger partial charge on any atom is 0.421 e. The van der Waals surface area contributed by atoms with E-state index in [1.807, 2.05) is 0 Å². The molecule has 1 amide bonds. The van der Waals surface area contributed by atoms with Gasteiger partial charge in [0.15, 0.2) is 5.21 Å². The van der Waals surface area contributed by atoms with Gasteiger partial charge < -0.3 is 9.64 Å². The molecule has 11 heteroatoms. The van der Waals surface area contributed by atoms with Crippen LogP contribution in [0.5, 0.6) is 0 Å². The van der Waals surface area contributed by atoms with E-state index < -0.39 is 29.3 Å². The summed E-state index contributed by atoms with van der Waals surface area (Å²) in [6.07, 6.45) is -4.41. The van der Waals surface area contributed by atoms with E-state index in [1.165, 1.54) is 17.0 Å². The number of benzene rings is 1. The topological polar surface area (TPSA) is 81.2 Å². The second kappa shape index (κ2) is 6.59. The molecule has 1 aromatic carbocycles. The molecular formula is C14H13F3N5O3+. The van der Waals surface area contributed by atoms with Crippen LogP contribution in [0.15, 0.2) is 24.3 Å². The highest BCUT2D eigenvalue weighted by Gasteiger charge is 2.38. The number of morpholine rings is 1. The van der Waals surface area contributed by atoms with Gasteiger partial charge in [-0.3, -0.25) is 4.79 Å². The fourth-order valence-electron chi connectivity index (χ4n) is 2.46. The Morgan fingerprint density at radius 3 is 2.56 bits per heavy atom. The molecule has 0 bridgehead atoms. The summed E-state index contributed by atoms with van der Waals surface area (Å²) in [5.41, 5.74) is -1.38. The zero-order valence-electron chi connectivity index (χ0n) is 12.8. The quantitative estimate of drug-likeness (QED) is 0.449. The third kappa shape index (κ3) is 3.22. The van der Waals surface area contributed by atoms with E-state index in [-0.39, 0.29) is 19.4 Å². The third-order valence-corrected chi connectivity index (χ3v) is 3.66. The second-order valence-corrected chi connectivity index (χ2v) is 5.18. The van der Waals surface area contributed by atoms with Crippen LogP contribution in [-0.2, 0) is 10.9 Å². The lowest BCUT2D eigenvalue weighted by atomic mass is 10.1. The highest BCUT2D eigenvalue weighted by Crippen LogP contribution is 2.31. The van der Waals surface area contributed by atoms with Crippen LogP contribution < -0.4 is 4.68 Å². The number of tetrazole rings is 1. The number of aldehydes is 1. The first-order valence-corrected chi connectivity index (χ1v) is 7.30. The van der Waals surface area contributed by atoms with Gasteiger partial charge in [-0.25, -0.2) is 4.79 Å². The highest BCUT2D eigenvalue weighted by atomic mass is 19.4. The van der Waals surface area contributed by atoms with Crippen LogP contribution in [0.4, 0.5) is 18.0 Å². The zero-order valence-corrected chi connectivity index (χ0v) is 12.8. The van der Waals surface area contributed by atoms with Crippen LogP contribution in [0, 0.1) is 0 Å². The van der Waals surface area contributed by atoms with Gasteiger partial charge in [0.2, 0.25) is 6.29 Å². The highest BCUT2D eigenvalue weighted by molar-refractivity contribution is 5.81. The molecule has 0 N–H and O–H groups in total. The van der Waals surface area contributed by atoms with Gasteiger partial charge in [0, 0.05) is 17.8 Å². The summed E-state index contributed by atoms with van der Waals surface area (Å²) in [5, 5.41) is 7.13. The Bertz CT molecular complexity index is 799. The third-order valence-electron chi connectivity index (χ3n) is 3.66. The van der Waals surface area contributed by atoms with E-state index in [0.29, 0.717) is 22.6 Å². The molecule has 0 unspecified atom stereocenters. The van der Waals surface area contributed by atoms with Gasteiger partial charge in [0.1, 0.15) is 10.9 Å². The van der Waals surface area contributed by atoms with Crippen molar-refractivity contribution in [1.29, 1.82) is 0 Å².